The molecule has 0 radical (unpaired) electrons. The lowest BCUT2D eigenvalue weighted by molar-refractivity contribution is 0.0689. The standard InChI is InChI=1S/C18H21N5O4/c1-3-23-16-12(9-20-23)15(21-11-4-6-26-7-5-11)13(8-19-16)17-22-14(18(24)25)10(2)27-17/h8-9,11H,3-7H2,1-2H3,(H,19,21)(H,24,25). The van der Waals surface area contributed by atoms with Gasteiger partial charge < -0.3 is 19.6 Å². The Balaban J connectivity index is 1.84. The second kappa shape index (κ2) is 6.99. The van der Waals surface area contributed by atoms with Crippen molar-refractivity contribution in [2.75, 3.05) is 18.5 Å². The molecule has 4 heterocycles. The average Bonchev–Trinajstić information content (AvgIpc) is 3.26. The smallest absolute Gasteiger partial charge is 0.358 e. The third kappa shape index (κ3) is 3.14. The number of rotatable bonds is 5. The number of carbonyl (C=O) groups is 1. The fourth-order valence-electron chi connectivity index (χ4n) is 3.33. The number of hydrogen-bond donors (Lipinski definition) is 2. The highest BCUT2D eigenvalue weighted by Gasteiger charge is 2.24. The number of carboxylic acids is 1. The molecule has 3 aromatic rings. The van der Waals surface area contributed by atoms with Gasteiger partial charge in [-0.15, -0.1) is 0 Å². The molecule has 2 N–H and O–H groups in total. The van der Waals surface area contributed by atoms with Gasteiger partial charge in [0.1, 0.15) is 5.76 Å². The SMILES string of the molecule is CCn1ncc2c(NC3CCOCC3)c(-c3nc(C(=O)O)c(C)o3)cnc21. The van der Waals surface area contributed by atoms with Crippen molar-refractivity contribution in [1.82, 2.24) is 19.7 Å². The van der Waals surface area contributed by atoms with Crippen molar-refractivity contribution in [3.8, 4) is 11.5 Å². The van der Waals surface area contributed by atoms with Gasteiger partial charge in [-0.2, -0.15) is 5.10 Å². The van der Waals surface area contributed by atoms with Crippen LogP contribution in [0.25, 0.3) is 22.5 Å². The Bertz CT molecular complexity index is 987. The normalized spacial score (nSPS) is 15.3. The summed E-state index contributed by atoms with van der Waals surface area (Å²) >= 11 is 0. The van der Waals surface area contributed by atoms with Crippen molar-refractivity contribution in [3.63, 3.8) is 0 Å². The van der Waals surface area contributed by atoms with Crippen LogP contribution in [-0.4, -0.2) is 50.1 Å². The summed E-state index contributed by atoms with van der Waals surface area (Å²) in [4.78, 5) is 20.0. The molecule has 4 rings (SSSR count). The number of pyridine rings is 1. The maximum atomic E-state index is 11.3. The fourth-order valence-corrected chi connectivity index (χ4v) is 3.33. The van der Waals surface area contributed by atoms with Gasteiger partial charge in [0.25, 0.3) is 0 Å². The van der Waals surface area contributed by atoms with Gasteiger partial charge in [0.05, 0.1) is 22.8 Å². The number of fused-ring (bicyclic) bond motifs is 1. The van der Waals surface area contributed by atoms with Gasteiger partial charge in [-0.05, 0) is 26.7 Å². The highest BCUT2D eigenvalue weighted by Crippen LogP contribution is 2.35. The topological polar surface area (TPSA) is 115 Å². The molecular weight excluding hydrogens is 350 g/mol. The molecule has 0 bridgehead atoms. The predicted octanol–water partition coefficient (Wildman–Crippen LogP) is 2.70. The molecule has 1 aliphatic heterocycles. The molecule has 1 aliphatic rings. The number of carboxylic acid groups (broad SMARTS) is 1. The van der Waals surface area contributed by atoms with E-state index in [-0.39, 0.29) is 23.4 Å². The molecule has 0 saturated carbocycles. The Hall–Kier alpha value is -2.94. The molecule has 0 atom stereocenters. The molecule has 142 valence electrons. The van der Waals surface area contributed by atoms with Crippen LogP contribution in [-0.2, 0) is 11.3 Å². The van der Waals surface area contributed by atoms with E-state index in [1.165, 1.54) is 0 Å². The summed E-state index contributed by atoms with van der Waals surface area (Å²) in [5.41, 5.74) is 2.11. The van der Waals surface area contributed by atoms with Gasteiger partial charge in [-0.3, -0.25) is 0 Å². The number of nitrogens with zero attached hydrogens (tertiary/aromatic N) is 4. The molecule has 0 spiro atoms. The van der Waals surface area contributed by atoms with Gasteiger partial charge in [-0.25, -0.2) is 19.4 Å². The summed E-state index contributed by atoms with van der Waals surface area (Å²) in [7, 11) is 0. The molecule has 1 fully saturated rings. The molecule has 1 saturated heterocycles. The van der Waals surface area contributed by atoms with E-state index in [4.69, 9.17) is 9.15 Å². The summed E-state index contributed by atoms with van der Waals surface area (Å²) in [5.74, 6) is -0.619. The summed E-state index contributed by atoms with van der Waals surface area (Å²) in [5, 5.41) is 18.1. The lowest BCUT2D eigenvalue weighted by atomic mass is 10.1. The Morgan fingerprint density at radius 3 is 2.81 bits per heavy atom. The predicted molar refractivity (Wildman–Crippen MR) is 97.9 cm³/mol. The first-order chi connectivity index (χ1) is 13.1. The van der Waals surface area contributed by atoms with Crippen LogP contribution in [0.15, 0.2) is 16.8 Å². The molecule has 0 unspecified atom stereocenters. The third-order valence-electron chi connectivity index (χ3n) is 4.77. The lowest BCUT2D eigenvalue weighted by Gasteiger charge is -2.25. The number of nitrogens with one attached hydrogen (secondary N) is 1. The van der Waals surface area contributed by atoms with Gasteiger partial charge in [0.2, 0.25) is 5.89 Å². The van der Waals surface area contributed by atoms with Crippen molar-refractivity contribution < 1.29 is 19.1 Å². The van der Waals surface area contributed by atoms with Crippen LogP contribution in [0.1, 0.15) is 36.0 Å². The number of aryl methyl sites for hydroxylation is 2. The van der Waals surface area contributed by atoms with Gasteiger partial charge in [0.15, 0.2) is 11.3 Å². The summed E-state index contributed by atoms with van der Waals surface area (Å²) in [6, 6.07) is 0.239. The van der Waals surface area contributed by atoms with E-state index in [1.54, 1.807) is 19.3 Å². The monoisotopic (exact) mass is 371 g/mol. The Morgan fingerprint density at radius 1 is 1.37 bits per heavy atom. The highest BCUT2D eigenvalue weighted by molar-refractivity contribution is 5.97. The quantitative estimate of drug-likeness (QED) is 0.703. The van der Waals surface area contributed by atoms with Crippen molar-refractivity contribution >= 4 is 22.7 Å². The molecule has 27 heavy (non-hydrogen) atoms. The van der Waals surface area contributed by atoms with Gasteiger partial charge >= 0.3 is 5.97 Å². The van der Waals surface area contributed by atoms with Crippen LogP contribution >= 0.6 is 0 Å². The molecule has 0 aliphatic carbocycles. The van der Waals surface area contributed by atoms with E-state index in [1.807, 2.05) is 11.6 Å². The van der Waals surface area contributed by atoms with Crippen molar-refractivity contribution in [1.29, 1.82) is 0 Å². The van der Waals surface area contributed by atoms with Crippen LogP contribution in [0.3, 0.4) is 0 Å². The van der Waals surface area contributed by atoms with E-state index in [0.29, 0.717) is 25.3 Å². The number of aromatic carboxylic acids is 1. The zero-order chi connectivity index (χ0) is 19.0. The van der Waals surface area contributed by atoms with E-state index in [0.717, 1.165) is 29.6 Å². The number of ether oxygens (including phenoxy) is 1. The third-order valence-corrected chi connectivity index (χ3v) is 4.77. The van der Waals surface area contributed by atoms with Crippen molar-refractivity contribution in [2.45, 2.75) is 39.3 Å². The Morgan fingerprint density at radius 2 is 2.15 bits per heavy atom. The van der Waals surface area contributed by atoms with E-state index < -0.39 is 5.97 Å². The molecule has 0 aromatic carbocycles. The molecule has 9 nitrogen and oxygen atoms in total. The minimum Gasteiger partial charge on any atom is -0.476 e. The molecule has 0 amide bonds. The molecular formula is C18H21N5O4. The second-order valence-corrected chi connectivity index (χ2v) is 6.50. The van der Waals surface area contributed by atoms with Crippen LogP contribution < -0.4 is 5.32 Å². The van der Waals surface area contributed by atoms with Crippen molar-refractivity contribution in [2.24, 2.45) is 0 Å². The van der Waals surface area contributed by atoms with Crippen molar-refractivity contribution in [3.05, 3.63) is 23.8 Å². The number of anilines is 1. The van der Waals surface area contributed by atoms with E-state index in [9.17, 15) is 9.90 Å². The van der Waals surface area contributed by atoms with Crippen LogP contribution in [0.5, 0.6) is 0 Å². The molecule has 9 heteroatoms. The summed E-state index contributed by atoms with van der Waals surface area (Å²) < 4.78 is 12.9. The number of oxazole rings is 1. The van der Waals surface area contributed by atoms with Gasteiger partial charge in [-0.1, -0.05) is 0 Å². The van der Waals surface area contributed by atoms with Gasteiger partial charge in [0, 0.05) is 32.0 Å². The lowest BCUT2D eigenvalue weighted by Crippen LogP contribution is -2.28. The van der Waals surface area contributed by atoms with E-state index >= 15 is 0 Å². The minimum absolute atomic E-state index is 0.0913. The first kappa shape index (κ1) is 17.5. The fraction of sp³-hybridized carbons (Fsp3) is 0.444. The zero-order valence-electron chi connectivity index (χ0n) is 15.2. The largest absolute Gasteiger partial charge is 0.476 e. The molecule has 3 aromatic heterocycles. The second-order valence-electron chi connectivity index (χ2n) is 6.50. The minimum atomic E-state index is -1.12. The van der Waals surface area contributed by atoms with Crippen LogP contribution in [0.2, 0.25) is 0 Å². The number of aromatic nitrogens is 4. The summed E-state index contributed by atoms with van der Waals surface area (Å²) in [6.07, 6.45) is 5.20. The van der Waals surface area contributed by atoms with E-state index in [2.05, 4.69) is 20.4 Å². The first-order valence-corrected chi connectivity index (χ1v) is 8.98. The highest BCUT2D eigenvalue weighted by atomic mass is 16.5. The maximum Gasteiger partial charge on any atom is 0.358 e. The van der Waals surface area contributed by atoms with Crippen LogP contribution in [0.4, 0.5) is 5.69 Å². The Kier molecular flexibility index (Phi) is 4.53. The number of hydrogen-bond acceptors (Lipinski definition) is 7. The van der Waals surface area contributed by atoms with Crippen LogP contribution in [0, 0.1) is 6.92 Å². The Labute approximate surface area is 155 Å². The zero-order valence-corrected chi connectivity index (χ0v) is 15.2. The summed E-state index contributed by atoms with van der Waals surface area (Å²) in [6.45, 7) is 5.71. The average molecular weight is 371 g/mol. The first-order valence-electron chi connectivity index (χ1n) is 8.98. The maximum absolute atomic E-state index is 11.3.